The summed E-state index contributed by atoms with van der Waals surface area (Å²) in [5.74, 6) is -0.00523. The van der Waals surface area contributed by atoms with Crippen molar-refractivity contribution >= 4 is 28.4 Å². The van der Waals surface area contributed by atoms with Gasteiger partial charge in [-0.3, -0.25) is 14.2 Å². The minimum absolute atomic E-state index is 0.282. The number of aromatic nitrogens is 1. The molecule has 2 aromatic carbocycles. The van der Waals surface area contributed by atoms with Gasteiger partial charge in [-0.05, 0) is 30.3 Å². The molecule has 132 valence electrons. The molecule has 26 heavy (non-hydrogen) atoms. The molecule has 0 radical (unpaired) electrons. The number of rotatable bonds is 2. The molecule has 4 rings (SSSR count). The zero-order valence-electron chi connectivity index (χ0n) is 13.9. The Kier molecular flexibility index (Phi) is 3.84. The number of carbonyl (C=O) groups excluding carboxylic acids is 2. The van der Waals surface area contributed by atoms with Crippen molar-refractivity contribution in [1.82, 2.24) is 4.57 Å². The van der Waals surface area contributed by atoms with Crippen LogP contribution in [-0.2, 0) is 0 Å². The van der Waals surface area contributed by atoms with Crippen LogP contribution in [0, 0.1) is 5.82 Å². The summed E-state index contributed by atoms with van der Waals surface area (Å²) in [6, 6.07) is 9.08. The number of carbonyl (C=O) groups is 2. The number of hydrogen-bond donors (Lipinski definition) is 1. The monoisotopic (exact) mass is 354 g/mol. The molecule has 0 unspecified atom stereocenters. The lowest BCUT2D eigenvalue weighted by molar-refractivity contribution is 0.0941. The van der Waals surface area contributed by atoms with E-state index in [4.69, 9.17) is 9.47 Å². The fourth-order valence-corrected chi connectivity index (χ4v) is 2.96. The van der Waals surface area contributed by atoms with Crippen LogP contribution >= 0.6 is 0 Å². The lowest BCUT2D eigenvalue weighted by Crippen LogP contribution is -2.16. The molecule has 0 saturated carbocycles. The number of ether oxygens (including phenoxy) is 2. The molecule has 0 atom stereocenters. The number of halogens is 1. The Morgan fingerprint density at radius 3 is 2.62 bits per heavy atom. The molecule has 0 spiro atoms. The van der Waals surface area contributed by atoms with Crippen LogP contribution in [0.3, 0.4) is 0 Å². The van der Waals surface area contributed by atoms with E-state index in [2.05, 4.69) is 5.32 Å². The summed E-state index contributed by atoms with van der Waals surface area (Å²) >= 11 is 0. The number of nitrogens with one attached hydrogen (secondary N) is 1. The maximum Gasteiger partial charge on any atom is 0.257 e. The fraction of sp³-hybridized carbons (Fsp3) is 0.158. The molecular weight excluding hydrogens is 339 g/mol. The van der Waals surface area contributed by atoms with Gasteiger partial charge in [0.2, 0.25) is 5.91 Å². The van der Waals surface area contributed by atoms with E-state index >= 15 is 0 Å². The smallest absolute Gasteiger partial charge is 0.257 e. The summed E-state index contributed by atoms with van der Waals surface area (Å²) in [5, 5.41) is 3.27. The van der Waals surface area contributed by atoms with Gasteiger partial charge in [0.1, 0.15) is 19.0 Å². The van der Waals surface area contributed by atoms with E-state index < -0.39 is 11.7 Å². The summed E-state index contributed by atoms with van der Waals surface area (Å²) in [6.45, 7) is 2.29. The van der Waals surface area contributed by atoms with Gasteiger partial charge in [-0.2, -0.15) is 0 Å². The van der Waals surface area contributed by atoms with Gasteiger partial charge in [-0.1, -0.05) is 0 Å². The molecule has 0 bridgehead atoms. The molecule has 0 aliphatic carbocycles. The maximum atomic E-state index is 13.5. The molecular formula is C19H15FN2O4. The predicted octanol–water partition coefficient (Wildman–Crippen LogP) is 3.46. The van der Waals surface area contributed by atoms with Crippen molar-refractivity contribution in [2.75, 3.05) is 18.5 Å². The standard InChI is InChI=1S/C19H15FN2O4/c1-11(23)22-10-15(14-4-2-12(20)8-16(14)22)19(24)21-13-3-5-17-18(9-13)26-7-6-25-17/h2-5,8-10H,6-7H2,1H3,(H,21,24). The molecule has 3 aromatic rings. The zero-order valence-corrected chi connectivity index (χ0v) is 13.9. The molecule has 7 heteroatoms. The minimum atomic E-state index is -0.475. The Labute approximate surface area is 148 Å². The Morgan fingerprint density at radius 2 is 1.85 bits per heavy atom. The Balaban J connectivity index is 1.69. The van der Waals surface area contributed by atoms with Crippen molar-refractivity contribution in [3.8, 4) is 11.5 Å². The van der Waals surface area contributed by atoms with Crippen LogP contribution in [-0.4, -0.2) is 29.6 Å². The van der Waals surface area contributed by atoms with Crippen LogP contribution in [0.15, 0.2) is 42.6 Å². The molecule has 1 amide bonds. The topological polar surface area (TPSA) is 69.6 Å². The Morgan fingerprint density at radius 1 is 1.08 bits per heavy atom. The number of benzene rings is 2. The normalized spacial score (nSPS) is 12.8. The highest BCUT2D eigenvalue weighted by Crippen LogP contribution is 2.33. The highest BCUT2D eigenvalue weighted by Gasteiger charge is 2.19. The van der Waals surface area contributed by atoms with Crippen molar-refractivity contribution in [2.45, 2.75) is 6.92 Å². The van der Waals surface area contributed by atoms with Gasteiger partial charge in [0.25, 0.3) is 5.91 Å². The summed E-state index contributed by atoms with van der Waals surface area (Å²) in [5.41, 5.74) is 1.17. The van der Waals surface area contributed by atoms with Gasteiger partial charge >= 0.3 is 0 Å². The Bertz CT molecular complexity index is 1040. The van der Waals surface area contributed by atoms with Crippen molar-refractivity contribution in [1.29, 1.82) is 0 Å². The minimum Gasteiger partial charge on any atom is -0.486 e. The molecule has 1 aliphatic rings. The first-order valence-electron chi connectivity index (χ1n) is 8.05. The van der Waals surface area contributed by atoms with Crippen molar-refractivity contribution in [2.24, 2.45) is 0 Å². The quantitative estimate of drug-likeness (QED) is 0.765. The number of amides is 1. The second-order valence-corrected chi connectivity index (χ2v) is 5.91. The van der Waals surface area contributed by atoms with Crippen molar-refractivity contribution < 1.29 is 23.5 Å². The van der Waals surface area contributed by atoms with Crippen molar-refractivity contribution in [3.05, 3.63) is 54.0 Å². The van der Waals surface area contributed by atoms with E-state index in [1.807, 2.05) is 0 Å². The number of anilines is 1. The van der Waals surface area contributed by atoms with E-state index in [9.17, 15) is 14.0 Å². The average molecular weight is 354 g/mol. The highest BCUT2D eigenvalue weighted by atomic mass is 19.1. The summed E-state index contributed by atoms with van der Waals surface area (Å²) < 4.78 is 25.8. The maximum absolute atomic E-state index is 13.5. The second-order valence-electron chi connectivity index (χ2n) is 5.91. The highest BCUT2D eigenvalue weighted by molar-refractivity contribution is 6.14. The van der Waals surface area contributed by atoms with Gasteiger partial charge in [0.15, 0.2) is 11.5 Å². The predicted molar refractivity (Wildman–Crippen MR) is 93.6 cm³/mol. The third-order valence-corrected chi connectivity index (χ3v) is 4.15. The van der Waals surface area contributed by atoms with Gasteiger partial charge in [0.05, 0.1) is 11.1 Å². The SMILES string of the molecule is CC(=O)n1cc(C(=O)Nc2ccc3c(c2)OCCO3)c2ccc(F)cc21. The largest absolute Gasteiger partial charge is 0.486 e. The van der Waals surface area contributed by atoms with Crippen LogP contribution < -0.4 is 14.8 Å². The first-order valence-corrected chi connectivity index (χ1v) is 8.05. The van der Waals surface area contributed by atoms with Crippen molar-refractivity contribution in [3.63, 3.8) is 0 Å². The molecule has 1 aliphatic heterocycles. The van der Waals surface area contributed by atoms with Gasteiger partial charge in [-0.15, -0.1) is 0 Å². The molecule has 1 aromatic heterocycles. The van der Waals surface area contributed by atoms with Crippen LogP contribution in [0.25, 0.3) is 10.9 Å². The lowest BCUT2D eigenvalue weighted by atomic mass is 10.1. The van der Waals surface area contributed by atoms with E-state index in [1.165, 1.54) is 35.9 Å². The first-order chi connectivity index (χ1) is 12.5. The average Bonchev–Trinajstić information content (AvgIpc) is 3.00. The molecule has 0 saturated heterocycles. The summed E-state index contributed by atoms with van der Waals surface area (Å²) in [4.78, 5) is 24.5. The lowest BCUT2D eigenvalue weighted by Gasteiger charge is -2.18. The third-order valence-electron chi connectivity index (χ3n) is 4.15. The zero-order chi connectivity index (χ0) is 18.3. The summed E-state index contributed by atoms with van der Waals surface area (Å²) in [6.07, 6.45) is 1.42. The van der Waals surface area contributed by atoms with Crippen LogP contribution in [0.1, 0.15) is 22.1 Å². The molecule has 6 nitrogen and oxygen atoms in total. The van der Waals surface area contributed by atoms with Crippen LogP contribution in [0.4, 0.5) is 10.1 Å². The first kappa shape index (κ1) is 16.1. The Hall–Kier alpha value is -3.35. The van der Waals surface area contributed by atoms with E-state index in [0.29, 0.717) is 41.3 Å². The second kappa shape index (κ2) is 6.18. The number of fused-ring (bicyclic) bond motifs is 2. The number of hydrogen-bond acceptors (Lipinski definition) is 4. The van der Waals surface area contributed by atoms with Crippen LogP contribution in [0.2, 0.25) is 0 Å². The van der Waals surface area contributed by atoms with Gasteiger partial charge in [-0.25, -0.2) is 4.39 Å². The third kappa shape index (κ3) is 2.77. The van der Waals surface area contributed by atoms with Gasteiger partial charge in [0, 0.05) is 30.3 Å². The van der Waals surface area contributed by atoms with Crippen LogP contribution in [0.5, 0.6) is 11.5 Å². The van der Waals surface area contributed by atoms with E-state index in [0.717, 1.165) is 0 Å². The fourth-order valence-electron chi connectivity index (χ4n) is 2.96. The molecule has 0 fully saturated rings. The van der Waals surface area contributed by atoms with E-state index in [-0.39, 0.29) is 11.5 Å². The molecule has 1 N–H and O–H groups in total. The number of nitrogens with zero attached hydrogens (tertiary/aromatic N) is 1. The van der Waals surface area contributed by atoms with Gasteiger partial charge < -0.3 is 14.8 Å². The summed E-state index contributed by atoms with van der Waals surface area (Å²) in [7, 11) is 0. The molecule has 2 heterocycles. The van der Waals surface area contributed by atoms with E-state index in [1.54, 1.807) is 18.2 Å².